The number of carbonyl (C=O) groups is 1. The van der Waals surface area contributed by atoms with Crippen molar-refractivity contribution in [3.63, 3.8) is 0 Å². The van der Waals surface area contributed by atoms with Crippen LogP contribution in [0, 0.1) is 6.92 Å². The van der Waals surface area contributed by atoms with Crippen LogP contribution in [-0.2, 0) is 0 Å². The number of amides is 1. The second-order valence-electron chi connectivity index (χ2n) is 7.15. The molecule has 0 saturated carbocycles. The highest BCUT2D eigenvalue weighted by atomic mass is 16.5. The summed E-state index contributed by atoms with van der Waals surface area (Å²) < 4.78 is 12.0. The maximum atomic E-state index is 12.2. The maximum Gasteiger partial charge on any atom is 0.255 e. The van der Waals surface area contributed by atoms with Crippen molar-refractivity contribution in [2.45, 2.75) is 6.92 Å². The molecule has 5 rings (SSSR count). The van der Waals surface area contributed by atoms with Crippen LogP contribution in [-0.4, -0.2) is 22.9 Å². The second kappa shape index (κ2) is 7.57. The minimum absolute atomic E-state index is 0.173. The first-order chi connectivity index (χ1) is 15.1. The summed E-state index contributed by atoms with van der Waals surface area (Å²) in [6.45, 7) is 1.78. The summed E-state index contributed by atoms with van der Waals surface area (Å²) >= 11 is 0. The van der Waals surface area contributed by atoms with Crippen LogP contribution in [0.3, 0.4) is 0 Å². The van der Waals surface area contributed by atoms with Crippen molar-refractivity contribution in [1.29, 1.82) is 0 Å². The fourth-order valence-electron chi connectivity index (χ4n) is 3.73. The topological polar surface area (TPSA) is 77.2 Å². The fraction of sp³-hybridized carbons (Fsp3) is 0.0800. The molecule has 1 N–H and O–H groups in total. The van der Waals surface area contributed by atoms with Gasteiger partial charge in [-0.3, -0.25) is 14.8 Å². The van der Waals surface area contributed by atoms with Crippen molar-refractivity contribution in [3.8, 4) is 22.6 Å². The summed E-state index contributed by atoms with van der Waals surface area (Å²) in [6, 6.07) is 17.3. The molecule has 0 atom stereocenters. The number of nitrogens with zero attached hydrogens (tertiary/aromatic N) is 2. The minimum Gasteiger partial charge on any atom is -0.460 e. The second-order valence-corrected chi connectivity index (χ2v) is 7.15. The number of hydrogen-bond acceptors (Lipinski definition) is 5. The molecule has 0 aliphatic rings. The number of nitrogens with one attached hydrogen (secondary N) is 1. The van der Waals surface area contributed by atoms with E-state index in [-0.39, 0.29) is 5.91 Å². The van der Waals surface area contributed by atoms with Crippen LogP contribution in [0.5, 0.6) is 11.5 Å². The number of aromatic nitrogens is 2. The van der Waals surface area contributed by atoms with Crippen molar-refractivity contribution in [1.82, 2.24) is 15.3 Å². The molecule has 31 heavy (non-hydrogen) atoms. The third-order valence-corrected chi connectivity index (χ3v) is 5.23. The van der Waals surface area contributed by atoms with Crippen molar-refractivity contribution in [3.05, 3.63) is 84.5 Å². The van der Waals surface area contributed by atoms with Gasteiger partial charge >= 0.3 is 0 Å². The van der Waals surface area contributed by atoms with Crippen molar-refractivity contribution < 1.29 is 13.9 Å². The average molecular weight is 409 g/mol. The highest BCUT2D eigenvalue weighted by Crippen LogP contribution is 2.34. The lowest BCUT2D eigenvalue weighted by Gasteiger charge is -2.10. The monoisotopic (exact) mass is 409 g/mol. The van der Waals surface area contributed by atoms with Crippen LogP contribution in [0.4, 0.5) is 0 Å². The van der Waals surface area contributed by atoms with E-state index in [1.807, 2.05) is 42.5 Å². The largest absolute Gasteiger partial charge is 0.460 e. The van der Waals surface area contributed by atoms with Gasteiger partial charge in [0.2, 0.25) is 0 Å². The Balaban J connectivity index is 1.55. The number of carbonyl (C=O) groups excluding carboxylic acids is 1. The molecule has 6 nitrogen and oxygen atoms in total. The van der Waals surface area contributed by atoms with Crippen LogP contribution in [0.1, 0.15) is 16.1 Å². The van der Waals surface area contributed by atoms with Crippen LogP contribution < -0.4 is 10.1 Å². The summed E-state index contributed by atoms with van der Waals surface area (Å²) in [5, 5.41) is 4.31. The van der Waals surface area contributed by atoms with Gasteiger partial charge in [0.15, 0.2) is 0 Å². The first-order valence-electron chi connectivity index (χ1n) is 9.86. The summed E-state index contributed by atoms with van der Waals surface area (Å²) in [5.41, 5.74) is 4.11. The molecule has 3 aromatic heterocycles. The molecule has 0 fully saturated rings. The normalized spacial score (nSPS) is 11.0. The zero-order chi connectivity index (χ0) is 21.4. The van der Waals surface area contributed by atoms with E-state index in [1.165, 1.54) is 0 Å². The Morgan fingerprint density at radius 3 is 2.58 bits per heavy atom. The van der Waals surface area contributed by atoms with Crippen LogP contribution >= 0.6 is 0 Å². The Bertz CT molecular complexity index is 1420. The van der Waals surface area contributed by atoms with Gasteiger partial charge in [-0.25, -0.2) is 0 Å². The van der Waals surface area contributed by atoms with Crippen molar-refractivity contribution in [2.24, 2.45) is 0 Å². The van der Waals surface area contributed by atoms with Crippen molar-refractivity contribution >= 4 is 27.8 Å². The number of benzene rings is 2. The highest BCUT2D eigenvalue weighted by Gasteiger charge is 2.18. The molecule has 0 spiro atoms. The molecule has 152 valence electrons. The molecule has 0 radical (unpaired) electrons. The van der Waals surface area contributed by atoms with Gasteiger partial charge in [0.1, 0.15) is 22.8 Å². The van der Waals surface area contributed by atoms with Crippen LogP contribution in [0.15, 0.2) is 77.6 Å². The molecule has 0 aliphatic carbocycles. The fourth-order valence-corrected chi connectivity index (χ4v) is 3.73. The van der Waals surface area contributed by atoms with E-state index in [2.05, 4.69) is 21.4 Å². The standard InChI is InChI=1S/C25H19N3O3/c1-15-24(25(29)26-2)19-5-4-18(14-23(19)30-15)31-22-9-12-28-21-6-3-17(13-20(21)22)16-7-10-27-11-8-16/h3-14H,1-2H3,(H,26,29). The smallest absolute Gasteiger partial charge is 0.255 e. The molecule has 6 heteroatoms. The zero-order valence-electron chi connectivity index (χ0n) is 17.0. The van der Waals surface area contributed by atoms with E-state index in [0.29, 0.717) is 28.4 Å². The average Bonchev–Trinajstić information content (AvgIpc) is 3.14. The molecule has 0 saturated heterocycles. The number of furan rings is 1. The van der Waals surface area contributed by atoms with E-state index >= 15 is 0 Å². The van der Waals surface area contributed by atoms with Gasteiger partial charge in [-0.2, -0.15) is 0 Å². The van der Waals surface area contributed by atoms with E-state index in [9.17, 15) is 4.79 Å². The maximum absolute atomic E-state index is 12.2. The number of pyridine rings is 2. The summed E-state index contributed by atoms with van der Waals surface area (Å²) in [6.07, 6.45) is 5.27. The van der Waals surface area contributed by atoms with E-state index in [4.69, 9.17) is 9.15 Å². The van der Waals surface area contributed by atoms with E-state index in [1.54, 1.807) is 38.6 Å². The summed E-state index contributed by atoms with van der Waals surface area (Å²) in [4.78, 5) is 20.7. The molecular weight excluding hydrogens is 390 g/mol. The lowest BCUT2D eigenvalue weighted by Crippen LogP contribution is -2.18. The Morgan fingerprint density at radius 2 is 1.77 bits per heavy atom. The number of ether oxygens (including phenoxy) is 1. The number of fused-ring (bicyclic) bond motifs is 2. The number of rotatable bonds is 4. The van der Waals surface area contributed by atoms with Gasteiger partial charge < -0.3 is 14.5 Å². The predicted octanol–water partition coefficient (Wildman–Crippen LogP) is 5.50. The van der Waals surface area contributed by atoms with Crippen LogP contribution in [0.2, 0.25) is 0 Å². The Hall–Kier alpha value is -4.19. The predicted molar refractivity (Wildman–Crippen MR) is 119 cm³/mol. The molecule has 2 aromatic carbocycles. The Kier molecular flexibility index (Phi) is 4.59. The third kappa shape index (κ3) is 3.38. The number of hydrogen-bond donors (Lipinski definition) is 1. The molecule has 0 aliphatic heterocycles. The highest BCUT2D eigenvalue weighted by molar-refractivity contribution is 6.07. The zero-order valence-corrected chi connectivity index (χ0v) is 17.0. The Labute approximate surface area is 178 Å². The summed E-state index contributed by atoms with van der Waals surface area (Å²) in [7, 11) is 1.60. The molecule has 1 amide bonds. The first-order valence-corrected chi connectivity index (χ1v) is 9.86. The minimum atomic E-state index is -0.173. The van der Waals surface area contributed by atoms with Gasteiger partial charge in [0.25, 0.3) is 5.91 Å². The van der Waals surface area contributed by atoms with Gasteiger partial charge in [-0.05, 0) is 60.5 Å². The third-order valence-electron chi connectivity index (χ3n) is 5.23. The quantitative estimate of drug-likeness (QED) is 0.424. The van der Waals surface area contributed by atoms with Crippen molar-refractivity contribution in [2.75, 3.05) is 7.05 Å². The number of aryl methyl sites for hydroxylation is 1. The van der Waals surface area contributed by atoms with E-state index in [0.717, 1.165) is 27.4 Å². The Morgan fingerprint density at radius 1 is 0.935 bits per heavy atom. The molecule has 0 unspecified atom stereocenters. The molecule has 3 heterocycles. The van der Waals surface area contributed by atoms with Gasteiger partial charge in [0, 0.05) is 42.5 Å². The SMILES string of the molecule is CNC(=O)c1c(C)oc2cc(Oc3ccnc4ccc(-c5ccncc5)cc34)ccc12. The van der Waals surface area contributed by atoms with Gasteiger partial charge in [0.05, 0.1) is 11.1 Å². The van der Waals surface area contributed by atoms with Crippen LogP contribution in [0.25, 0.3) is 33.0 Å². The molecule has 5 aromatic rings. The van der Waals surface area contributed by atoms with E-state index < -0.39 is 0 Å². The lowest BCUT2D eigenvalue weighted by molar-refractivity contribution is 0.0963. The summed E-state index contributed by atoms with van der Waals surface area (Å²) in [5.74, 6) is 1.71. The molecular formula is C25H19N3O3. The lowest BCUT2D eigenvalue weighted by atomic mass is 10.0. The van der Waals surface area contributed by atoms with Gasteiger partial charge in [-0.1, -0.05) is 6.07 Å². The first kappa shape index (κ1) is 18.8. The van der Waals surface area contributed by atoms with Gasteiger partial charge in [-0.15, -0.1) is 0 Å². The molecule has 0 bridgehead atoms.